The number of carbonyl (C=O) groups excluding carboxylic acids is 2. The van der Waals surface area contributed by atoms with Gasteiger partial charge >= 0.3 is 6.09 Å². The van der Waals surface area contributed by atoms with Gasteiger partial charge in [-0.1, -0.05) is 29.9 Å². The number of aromatic nitrogens is 1. The molecule has 0 saturated carbocycles. The molecule has 0 radical (unpaired) electrons. The molecule has 12 heteroatoms. The number of halogens is 1. The number of para-hydroxylation sites is 1. The number of hydrogen-bond acceptors (Lipinski definition) is 8. The van der Waals surface area contributed by atoms with Gasteiger partial charge in [0.1, 0.15) is 22.9 Å². The van der Waals surface area contributed by atoms with Gasteiger partial charge in [-0.3, -0.25) is 9.78 Å². The van der Waals surface area contributed by atoms with Crippen molar-refractivity contribution >= 4 is 46.5 Å². The van der Waals surface area contributed by atoms with E-state index >= 15 is 0 Å². The third-order valence-electron chi connectivity index (χ3n) is 5.59. The number of methoxy groups -OCH3 is 1. The molecule has 0 unspecified atom stereocenters. The van der Waals surface area contributed by atoms with Crippen LogP contribution in [0, 0.1) is 0 Å². The predicted molar refractivity (Wildman–Crippen MR) is 154 cm³/mol. The molecule has 1 aromatic carbocycles. The lowest BCUT2D eigenvalue weighted by molar-refractivity contribution is -0.117. The largest absolute Gasteiger partial charge is 0.493 e. The molecule has 210 valence electrons. The Balaban J connectivity index is 1.68. The first-order valence-electron chi connectivity index (χ1n) is 12.4. The first kappa shape index (κ1) is 30.0. The van der Waals surface area contributed by atoms with Crippen LogP contribution in [0.1, 0.15) is 32.8 Å². The highest BCUT2D eigenvalue weighted by Crippen LogP contribution is 2.33. The lowest BCUT2D eigenvalue weighted by atomic mass is 10.1. The Morgan fingerprint density at radius 2 is 2.05 bits per heavy atom. The average molecular weight is 576 g/mol. The van der Waals surface area contributed by atoms with Gasteiger partial charge in [0, 0.05) is 44.0 Å². The van der Waals surface area contributed by atoms with Crippen molar-refractivity contribution in [3.63, 3.8) is 0 Å². The third-order valence-corrected chi connectivity index (χ3v) is 6.19. The maximum atomic E-state index is 12.8. The summed E-state index contributed by atoms with van der Waals surface area (Å²) in [4.78, 5) is 30.9. The molecule has 0 atom stereocenters. The SMILES string of the molecule is COc1c(Cl)cccc1NC(=S)C1=C(NCc2ccncc2OCCN(C)C(=O)OC(C)(C)C)CCNC1=O. The van der Waals surface area contributed by atoms with Crippen LogP contribution in [0.2, 0.25) is 5.02 Å². The number of nitrogens with one attached hydrogen (secondary N) is 3. The van der Waals surface area contributed by atoms with Crippen LogP contribution in [0.25, 0.3) is 0 Å². The molecule has 2 aromatic rings. The van der Waals surface area contributed by atoms with E-state index in [9.17, 15) is 9.59 Å². The zero-order chi connectivity index (χ0) is 28.6. The van der Waals surface area contributed by atoms with Crippen molar-refractivity contribution in [3.8, 4) is 11.5 Å². The molecule has 0 aliphatic carbocycles. The van der Waals surface area contributed by atoms with Crippen LogP contribution < -0.4 is 25.4 Å². The van der Waals surface area contributed by atoms with E-state index in [0.717, 1.165) is 5.56 Å². The number of likely N-dealkylation sites (N-methyl/N-ethyl adjacent to an activating group) is 1. The van der Waals surface area contributed by atoms with E-state index in [1.165, 1.54) is 12.0 Å². The minimum Gasteiger partial charge on any atom is -0.493 e. The molecule has 2 amide bonds. The molecule has 0 bridgehead atoms. The van der Waals surface area contributed by atoms with Gasteiger partial charge in [0.25, 0.3) is 5.91 Å². The number of thiocarbonyl (C=S) groups is 1. The fourth-order valence-corrected chi connectivity index (χ4v) is 4.26. The van der Waals surface area contributed by atoms with Crippen LogP contribution in [-0.4, -0.2) is 66.3 Å². The molecule has 0 fully saturated rings. The van der Waals surface area contributed by atoms with Gasteiger partial charge in [-0.25, -0.2) is 4.79 Å². The number of carbonyl (C=O) groups is 2. The van der Waals surface area contributed by atoms with Crippen molar-refractivity contribution in [2.45, 2.75) is 39.3 Å². The molecule has 0 saturated heterocycles. The monoisotopic (exact) mass is 575 g/mol. The summed E-state index contributed by atoms with van der Waals surface area (Å²) in [5, 5.41) is 9.71. The third kappa shape index (κ3) is 8.46. The zero-order valence-electron chi connectivity index (χ0n) is 22.7. The van der Waals surface area contributed by atoms with Crippen LogP contribution in [0.15, 0.2) is 47.9 Å². The molecule has 2 heterocycles. The highest BCUT2D eigenvalue weighted by Gasteiger charge is 2.25. The van der Waals surface area contributed by atoms with Gasteiger partial charge in [-0.15, -0.1) is 0 Å². The highest BCUT2D eigenvalue weighted by molar-refractivity contribution is 7.81. The molecule has 3 rings (SSSR count). The van der Waals surface area contributed by atoms with Crippen molar-refractivity contribution in [2.75, 3.05) is 39.2 Å². The van der Waals surface area contributed by atoms with E-state index in [1.807, 2.05) is 26.8 Å². The molecule has 1 aliphatic heterocycles. The van der Waals surface area contributed by atoms with Crippen LogP contribution >= 0.6 is 23.8 Å². The van der Waals surface area contributed by atoms with E-state index < -0.39 is 11.7 Å². The number of anilines is 1. The van der Waals surface area contributed by atoms with Crippen molar-refractivity contribution in [1.82, 2.24) is 20.5 Å². The van der Waals surface area contributed by atoms with E-state index in [-0.39, 0.29) is 17.5 Å². The number of amides is 2. The smallest absolute Gasteiger partial charge is 0.410 e. The van der Waals surface area contributed by atoms with Crippen LogP contribution in [0.5, 0.6) is 11.5 Å². The summed E-state index contributed by atoms with van der Waals surface area (Å²) in [5.41, 5.74) is 1.86. The van der Waals surface area contributed by atoms with Gasteiger partial charge in [0.15, 0.2) is 5.75 Å². The molecule has 1 aliphatic rings. The van der Waals surface area contributed by atoms with Gasteiger partial charge in [-0.2, -0.15) is 0 Å². The van der Waals surface area contributed by atoms with Gasteiger partial charge in [0.2, 0.25) is 0 Å². The first-order valence-corrected chi connectivity index (χ1v) is 13.2. The zero-order valence-corrected chi connectivity index (χ0v) is 24.3. The van der Waals surface area contributed by atoms with E-state index in [4.69, 9.17) is 38.0 Å². The molecular weight excluding hydrogens is 542 g/mol. The molecule has 39 heavy (non-hydrogen) atoms. The molecule has 10 nitrogen and oxygen atoms in total. The number of hydrogen-bond donors (Lipinski definition) is 3. The van der Waals surface area contributed by atoms with Crippen LogP contribution in [0.4, 0.5) is 10.5 Å². The molecule has 1 aromatic heterocycles. The standard InChI is InChI=1S/C27H34ClN5O5S/c1-27(2,3)38-26(35)33(4)13-14-37-21-16-29-11-9-17(21)15-31-19-10-12-30-24(34)22(19)25(39)32-20-8-6-7-18(28)23(20)36-5/h6-9,11,16,31H,10,12-15H2,1-5H3,(H,30,34)(H,32,39). The summed E-state index contributed by atoms with van der Waals surface area (Å²) >= 11 is 11.8. The number of ether oxygens (including phenoxy) is 3. The van der Waals surface area contributed by atoms with Gasteiger partial charge < -0.3 is 35.1 Å². The summed E-state index contributed by atoms with van der Waals surface area (Å²) in [6.07, 6.45) is 3.42. The lowest BCUT2D eigenvalue weighted by Gasteiger charge is -2.25. The topological polar surface area (TPSA) is 114 Å². The Morgan fingerprint density at radius 1 is 1.28 bits per heavy atom. The van der Waals surface area contributed by atoms with Gasteiger partial charge in [0.05, 0.1) is 36.1 Å². The first-order chi connectivity index (χ1) is 18.5. The maximum Gasteiger partial charge on any atom is 0.410 e. The van der Waals surface area contributed by atoms with Crippen molar-refractivity contribution in [2.24, 2.45) is 0 Å². The van der Waals surface area contributed by atoms with E-state index in [2.05, 4.69) is 20.9 Å². The van der Waals surface area contributed by atoms with Crippen LogP contribution in [0.3, 0.4) is 0 Å². The minimum absolute atomic E-state index is 0.242. The quantitative estimate of drug-likeness (QED) is 0.357. The van der Waals surface area contributed by atoms with Crippen molar-refractivity contribution in [3.05, 3.63) is 58.5 Å². The van der Waals surface area contributed by atoms with E-state index in [0.29, 0.717) is 59.5 Å². The Morgan fingerprint density at radius 3 is 2.77 bits per heavy atom. The normalized spacial score (nSPS) is 13.3. The average Bonchev–Trinajstić information content (AvgIpc) is 2.87. The summed E-state index contributed by atoms with van der Waals surface area (Å²) in [6.45, 7) is 6.88. The number of rotatable bonds is 10. The maximum absolute atomic E-state index is 12.8. The Hall–Kier alpha value is -3.57. The summed E-state index contributed by atoms with van der Waals surface area (Å²) in [6, 6.07) is 7.07. The molecule has 3 N–H and O–H groups in total. The summed E-state index contributed by atoms with van der Waals surface area (Å²) in [5.74, 6) is 0.719. The minimum atomic E-state index is -0.573. The second-order valence-corrected chi connectivity index (χ2v) is 10.5. The second kappa shape index (κ2) is 13.5. The van der Waals surface area contributed by atoms with Gasteiger partial charge in [-0.05, 0) is 39.0 Å². The fourth-order valence-electron chi connectivity index (χ4n) is 3.68. The lowest BCUT2D eigenvalue weighted by Crippen LogP contribution is -2.39. The highest BCUT2D eigenvalue weighted by atomic mass is 35.5. The second-order valence-electron chi connectivity index (χ2n) is 9.72. The Bertz CT molecular complexity index is 1250. The van der Waals surface area contributed by atoms with Crippen LogP contribution in [-0.2, 0) is 16.1 Å². The van der Waals surface area contributed by atoms with Crippen molar-refractivity contribution < 1.29 is 23.8 Å². The Labute approximate surface area is 239 Å². The molecule has 0 spiro atoms. The van der Waals surface area contributed by atoms with E-state index in [1.54, 1.807) is 37.6 Å². The molecular formula is C27H34ClN5O5S. The Kier molecular flexibility index (Phi) is 10.4. The fraction of sp³-hybridized carbons (Fsp3) is 0.407. The number of pyridine rings is 1. The van der Waals surface area contributed by atoms with Crippen molar-refractivity contribution in [1.29, 1.82) is 0 Å². The summed E-state index contributed by atoms with van der Waals surface area (Å²) < 4.78 is 16.7. The summed E-state index contributed by atoms with van der Waals surface area (Å²) in [7, 11) is 3.17. The predicted octanol–water partition coefficient (Wildman–Crippen LogP) is 4.29. The number of nitrogens with zero attached hydrogens (tertiary/aromatic N) is 2. The number of benzene rings is 1.